The van der Waals surface area contributed by atoms with Crippen LogP contribution in [-0.2, 0) is 0 Å². The van der Waals surface area contributed by atoms with Gasteiger partial charge in [-0.15, -0.1) is 0 Å². The van der Waals surface area contributed by atoms with Crippen LogP contribution in [-0.4, -0.2) is 41.6 Å². The number of nitrogens with one attached hydrogen (secondary N) is 1. The van der Waals surface area contributed by atoms with Crippen LogP contribution >= 0.6 is 0 Å². The molecular formula is C15H22N2O3. The second-order valence-corrected chi connectivity index (χ2v) is 4.97. The Bertz CT molecular complexity index is 443. The van der Waals surface area contributed by atoms with Gasteiger partial charge in [-0.25, -0.2) is 0 Å². The number of hydrogen-bond acceptors (Lipinski definition) is 5. The van der Waals surface area contributed by atoms with Gasteiger partial charge >= 0.3 is 0 Å². The van der Waals surface area contributed by atoms with Crippen molar-refractivity contribution in [3.05, 3.63) is 29.8 Å². The van der Waals surface area contributed by atoms with Crippen LogP contribution in [0.15, 0.2) is 24.3 Å². The molecule has 0 heterocycles. The van der Waals surface area contributed by atoms with Gasteiger partial charge in [0.15, 0.2) is 0 Å². The van der Waals surface area contributed by atoms with Gasteiger partial charge in [0.2, 0.25) is 0 Å². The van der Waals surface area contributed by atoms with Crippen molar-refractivity contribution in [2.45, 2.75) is 38.5 Å². The van der Waals surface area contributed by atoms with Crippen LogP contribution in [0.4, 0.5) is 0 Å². The maximum Gasteiger partial charge on any atom is 0.137 e. The normalized spacial score (nSPS) is 15.2. The van der Waals surface area contributed by atoms with Gasteiger partial charge in [0.05, 0.1) is 11.7 Å². The smallest absolute Gasteiger partial charge is 0.137 e. The third-order valence-corrected chi connectivity index (χ3v) is 2.84. The van der Waals surface area contributed by atoms with E-state index in [9.17, 15) is 10.2 Å². The van der Waals surface area contributed by atoms with Gasteiger partial charge < -0.3 is 20.3 Å². The van der Waals surface area contributed by atoms with E-state index < -0.39 is 6.10 Å². The van der Waals surface area contributed by atoms with Crippen LogP contribution < -0.4 is 10.1 Å². The third kappa shape index (κ3) is 6.02. The highest BCUT2D eigenvalue weighted by Crippen LogP contribution is 2.16. The number of para-hydroxylation sites is 1. The Morgan fingerprint density at radius 2 is 2.00 bits per heavy atom. The molecule has 3 unspecified atom stereocenters. The van der Waals surface area contributed by atoms with Crippen molar-refractivity contribution in [1.29, 1.82) is 5.26 Å². The van der Waals surface area contributed by atoms with Crippen molar-refractivity contribution in [3.8, 4) is 11.8 Å². The van der Waals surface area contributed by atoms with E-state index >= 15 is 0 Å². The number of nitriles is 1. The second kappa shape index (κ2) is 8.54. The molecule has 0 aliphatic carbocycles. The lowest BCUT2D eigenvalue weighted by molar-refractivity contribution is 0.0999. The first-order valence-electron chi connectivity index (χ1n) is 6.74. The number of hydrogen-bond donors (Lipinski definition) is 3. The molecule has 5 heteroatoms. The first-order valence-corrected chi connectivity index (χ1v) is 6.74. The van der Waals surface area contributed by atoms with Crippen LogP contribution in [0, 0.1) is 11.3 Å². The summed E-state index contributed by atoms with van der Waals surface area (Å²) in [5.41, 5.74) is 0.454. The fraction of sp³-hybridized carbons (Fsp3) is 0.533. The zero-order valence-electron chi connectivity index (χ0n) is 11.9. The largest absolute Gasteiger partial charge is 0.489 e. The Balaban J connectivity index is 2.33. The fourth-order valence-corrected chi connectivity index (χ4v) is 1.86. The zero-order valence-corrected chi connectivity index (χ0v) is 11.9. The molecule has 0 radical (unpaired) electrons. The summed E-state index contributed by atoms with van der Waals surface area (Å²) in [6, 6.07) is 9.09. The standard InChI is InChI=1S/C15H22N2O3/c1-11(7-12(2)18)17-9-14(19)10-20-15-6-4-3-5-13(15)8-16/h3-6,11-12,14,17-19H,7,9-10H2,1-2H3. The van der Waals surface area contributed by atoms with Crippen molar-refractivity contribution in [3.63, 3.8) is 0 Å². The van der Waals surface area contributed by atoms with Gasteiger partial charge in [0.1, 0.15) is 24.5 Å². The molecule has 1 aromatic carbocycles. The van der Waals surface area contributed by atoms with Gasteiger partial charge in [0.25, 0.3) is 0 Å². The van der Waals surface area contributed by atoms with E-state index in [1.54, 1.807) is 31.2 Å². The topological polar surface area (TPSA) is 85.5 Å². The summed E-state index contributed by atoms with van der Waals surface area (Å²) >= 11 is 0. The highest BCUT2D eigenvalue weighted by atomic mass is 16.5. The molecule has 0 spiro atoms. The number of nitrogens with zero attached hydrogens (tertiary/aromatic N) is 1. The highest BCUT2D eigenvalue weighted by molar-refractivity contribution is 5.42. The number of benzene rings is 1. The molecule has 0 amide bonds. The molecule has 0 fully saturated rings. The van der Waals surface area contributed by atoms with E-state index in [4.69, 9.17) is 10.00 Å². The highest BCUT2D eigenvalue weighted by Gasteiger charge is 2.10. The molecule has 3 atom stereocenters. The summed E-state index contributed by atoms with van der Waals surface area (Å²) in [6.07, 6.45) is -0.406. The molecule has 110 valence electrons. The predicted molar refractivity (Wildman–Crippen MR) is 76.4 cm³/mol. The average Bonchev–Trinajstić information content (AvgIpc) is 2.42. The van der Waals surface area contributed by atoms with E-state index in [0.717, 1.165) is 0 Å². The number of ether oxygens (including phenoxy) is 1. The fourth-order valence-electron chi connectivity index (χ4n) is 1.86. The summed E-state index contributed by atoms with van der Waals surface area (Å²) in [5, 5.41) is 31.1. The molecule has 0 aromatic heterocycles. The van der Waals surface area contributed by atoms with Gasteiger partial charge in [-0.2, -0.15) is 5.26 Å². The van der Waals surface area contributed by atoms with Crippen LogP contribution in [0.1, 0.15) is 25.8 Å². The molecule has 0 aliphatic rings. The maximum absolute atomic E-state index is 9.82. The van der Waals surface area contributed by atoms with Gasteiger partial charge in [0, 0.05) is 12.6 Å². The SMILES string of the molecule is CC(O)CC(C)NCC(O)COc1ccccc1C#N. The summed E-state index contributed by atoms with van der Waals surface area (Å²) in [6.45, 7) is 4.18. The Hall–Kier alpha value is -1.61. The first-order chi connectivity index (χ1) is 9.52. The Morgan fingerprint density at radius 1 is 1.30 bits per heavy atom. The van der Waals surface area contributed by atoms with Gasteiger partial charge in [-0.3, -0.25) is 0 Å². The molecular weight excluding hydrogens is 256 g/mol. The van der Waals surface area contributed by atoms with Crippen molar-refractivity contribution < 1.29 is 14.9 Å². The van der Waals surface area contributed by atoms with E-state index in [1.165, 1.54) is 0 Å². The zero-order chi connectivity index (χ0) is 15.0. The van der Waals surface area contributed by atoms with Crippen molar-refractivity contribution in [2.24, 2.45) is 0 Å². The first kappa shape index (κ1) is 16.4. The van der Waals surface area contributed by atoms with Gasteiger partial charge in [-0.05, 0) is 32.4 Å². The van der Waals surface area contributed by atoms with E-state index in [0.29, 0.717) is 24.3 Å². The average molecular weight is 278 g/mol. The van der Waals surface area contributed by atoms with Crippen LogP contribution in [0.3, 0.4) is 0 Å². The molecule has 0 bridgehead atoms. The van der Waals surface area contributed by atoms with E-state index in [-0.39, 0.29) is 18.8 Å². The minimum absolute atomic E-state index is 0.118. The lowest BCUT2D eigenvalue weighted by Crippen LogP contribution is -2.37. The van der Waals surface area contributed by atoms with Crippen molar-refractivity contribution in [2.75, 3.05) is 13.2 Å². The molecule has 20 heavy (non-hydrogen) atoms. The monoisotopic (exact) mass is 278 g/mol. The lowest BCUT2D eigenvalue weighted by atomic mass is 10.1. The van der Waals surface area contributed by atoms with Crippen LogP contribution in [0.25, 0.3) is 0 Å². The summed E-state index contributed by atoms with van der Waals surface area (Å²) < 4.78 is 5.44. The van der Waals surface area contributed by atoms with Crippen molar-refractivity contribution in [1.82, 2.24) is 5.32 Å². The third-order valence-electron chi connectivity index (χ3n) is 2.84. The maximum atomic E-state index is 9.82. The van der Waals surface area contributed by atoms with Crippen LogP contribution in [0.5, 0.6) is 5.75 Å². The summed E-state index contributed by atoms with van der Waals surface area (Å²) in [5.74, 6) is 0.478. The number of aliphatic hydroxyl groups is 2. The minimum Gasteiger partial charge on any atom is -0.489 e. The minimum atomic E-state index is -0.668. The molecule has 5 nitrogen and oxygen atoms in total. The summed E-state index contributed by atoms with van der Waals surface area (Å²) in [4.78, 5) is 0. The molecule has 1 aromatic rings. The van der Waals surface area contributed by atoms with E-state index in [1.807, 2.05) is 13.0 Å². The molecule has 0 saturated heterocycles. The Morgan fingerprint density at radius 3 is 2.65 bits per heavy atom. The van der Waals surface area contributed by atoms with Crippen LogP contribution in [0.2, 0.25) is 0 Å². The lowest BCUT2D eigenvalue weighted by Gasteiger charge is -2.18. The van der Waals surface area contributed by atoms with Crippen molar-refractivity contribution >= 4 is 0 Å². The number of aliphatic hydroxyl groups excluding tert-OH is 2. The quantitative estimate of drug-likeness (QED) is 0.661. The molecule has 0 aliphatic heterocycles. The predicted octanol–water partition coefficient (Wildman–Crippen LogP) is 1.05. The molecule has 1 rings (SSSR count). The number of rotatable bonds is 8. The second-order valence-electron chi connectivity index (χ2n) is 4.97. The molecule has 0 saturated carbocycles. The van der Waals surface area contributed by atoms with E-state index in [2.05, 4.69) is 5.32 Å². The van der Waals surface area contributed by atoms with Gasteiger partial charge in [-0.1, -0.05) is 12.1 Å². The Kier molecular flexibility index (Phi) is 7.02. The molecule has 3 N–H and O–H groups in total. The summed E-state index contributed by atoms with van der Waals surface area (Å²) in [7, 11) is 0. The Labute approximate surface area is 119 Å².